The molecule has 0 aliphatic rings. The molecule has 0 aromatic heterocycles. The molecule has 2 aromatic carbocycles. The van der Waals surface area contributed by atoms with Gasteiger partial charge in [0.2, 0.25) is 0 Å². The summed E-state index contributed by atoms with van der Waals surface area (Å²) in [6, 6.07) is 13.7. The van der Waals surface area contributed by atoms with Crippen LogP contribution >= 0.6 is 15.9 Å². The van der Waals surface area contributed by atoms with Crippen molar-refractivity contribution in [2.24, 2.45) is 5.10 Å². The Morgan fingerprint density at radius 1 is 1.25 bits per heavy atom. The van der Waals surface area contributed by atoms with Crippen LogP contribution in [0.15, 0.2) is 58.1 Å². The van der Waals surface area contributed by atoms with Crippen LogP contribution in [-0.4, -0.2) is 25.3 Å². The average molecular weight is 398 g/mol. The van der Waals surface area contributed by atoms with E-state index in [1.165, 1.54) is 12.3 Å². The van der Waals surface area contributed by atoms with Gasteiger partial charge >= 0.3 is 6.61 Å². The maximum Gasteiger partial charge on any atom is 0.387 e. The quantitative estimate of drug-likeness (QED) is 0.554. The van der Waals surface area contributed by atoms with Crippen LogP contribution in [0.1, 0.15) is 5.56 Å². The van der Waals surface area contributed by atoms with Crippen molar-refractivity contribution in [1.29, 1.82) is 0 Å². The van der Waals surface area contributed by atoms with E-state index in [0.717, 1.165) is 5.69 Å². The molecule has 2 rings (SSSR count). The highest BCUT2D eigenvalue weighted by atomic mass is 79.9. The lowest BCUT2D eigenvalue weighted by Crippen LogP contribution is -2.25. The van der Waals surface area contributed by atoms with Gasteiger partial charge in [0.1, 0.15) is 5.75 Å². The number of halogens is 3. The van der Waals surface area contributed by atoms with Crippen molar-refractivity contribution >= 4 is 33.7 Å². The summed E-state index contributed by atoms with van der Waals surface area (Å²) >= 11 is 3.23. The van der Waals surface area contributed by atoms with Gasteiger partial charge < -0.3 is 10.1 Å². The van der Waals surface area contributed by atoms with E-state index in [1.807, 2.05) is 30.3 Å². The smallest absolute Gasteiger partial charge is 0.387 e. The van der Waals surface area contributed by atoms with Gasteiger partial charge in [-0.3, -0.25) is 4.79 Å². The highest BCUT2D eigenvalue weighted by molar-refractivity contribution is 9.10. The molecular formula is C16H14BrF2N3O2. The first-order valence-corrected chi connectivity index (χ1v) is 7.69. The van der Waals surface area contributed by atoms with E-state index in [-0.39, 0.29) is 18.2 Å². The van der Waals surface area contributed by atoms with E-state index in [1.54, 1.807) is 12.1 Å². The van der Waals surface area contributed by atoms with Gasteiger partial charge in [-0.25, -0.2) is 5.43 Å². The zero-order chi connectivity index (χ0) is 17.4. The van der Waals surface area contributed by atoms with E-state index >= 15 is 0 Å². The molecule has 0 atom stereocenters. The van der Waals surface area contributed by atoms with Crippen LogP contribution in [0.3, 0.4) is 0 Å². The van der Waals surface area contributed by atoms with Crippen molar-refractivity contribution in [1.82, 2.24) is 5.43 Å². The van der Waals surface area contributed by atoms with Crippen LogP contribution in [0.4, 0.5) is 14.5 Å². The molecule has 0 saturated heterocycles. The predicted octanol–water partition coefficient (Wildman–Crippen LogP) is 3.61. The molecular weight excluding hydrogens is 384 g/mol. The van der Waals surface area contributed by atoms with Crippen molar-refractivity contribution in [3.05, 3.63) is 58.6 Å². The Morgan fingerprint density at radius 2 is 2.00 bits per heavy atom. The number of benzene rings is 2. The summed E-state index contributed by atoms with van der Waals surface area (Å²) in [6.45, 7) is -2.91. The molecule has 0 unspecified atom stereocenters. The van der Waals surface area contributed by atoms with Gasteiger partial charge in [0.15, 0.2) is 0 Å². The lowest BCUT2D eigenvalue weighted by Gasteiger charge is -2.08. The molecule has 2 aromatic rings. The molecule has 0 saturated carbocycles. The van der Waals surface area contributed by atoms with Crippen LogP contribution in [0.2, 0.25) is 0 Å². The number of nitrogens with zero attached hydrogens (tertiary/aromatic N) is 1. The number of hydrogen-bond donors (Lipinski definition) is 2. The first-order chi connectivity index (χ1) is 11.5. The number of alkyl halides is 2. The van der Waals surface area contributed by atoms with Crippen LogP contribution in [0.25, 0.3) is 0 Å². The van der Waals surface area contributed by atoms with Crippen LogP contribution in [0.5, 0.6) is 5.75 Å². The minimum Gasteiger partial charge on any atom is -0.434 e. The normalized spacial score (nSPS) is 10.8. The number of ether oxygens (including phenoxy) is 1. The van der Waals surface area contributed by atoms with E-state index in [4.69, 9.17) is 0 Å². The SMILES string of the molecule is O=C(CNc1ccccc1)N/N=C\c1cc(Br)ccc1OC(F)F. The highest BCUT2D eigenvalue weighted by Crippen LogP contribution is 2.23. The highest BCUT2D eigenvalue weighted by Gasteiger charge is 2.09. The number of rotatable bonds is 7. The first-order valence-electron chi connectivity index (χ1n) is 6.90. The predicted molar refractivity (Wildman–Crippen MR) is 91.4 cm³/mol. The number of amides is 1. The Kier molecular flexibility index (Phi) is 6.68. The standard InChI is InChI=1S/C16H14BrF2N3O2/c17-12-6-7-14(24-16(18)19)11(8-12)9-21-22-15(23)10-20-13-4-2-1-3-5-13/h1-9,16,20H,10H2,(H,22,23)/b21-9-. The van der Waals surface area contributed by atoms with E-state index in [0.29, 0.717) is 10.0 Å². The molecule has 0 fully saturated rings. The zero-order valence-electron chi connectivity index (χ0n) is 12.4. The van der Waals surface area contributed by atoms with Gasteiger partial charge in [-0.15, -0.1) is 0 Å². The Bertz CT molecular complexity index is 712. The Morgan fingerprint density at radius 3 is 2.71 bits per heavy atom. The third-order valence-corrected chi connectivity index (χ3v) is 3.30. The van der Waals surface area contributed by atoms with Crippen molar-refractivity contribution in [3.63, 3.8) is 0 Å². The largest absolute Gasteiger partial charge is 0.434 e. The van der Waals surface area contributed by atoms with Crippen LogP contribution < -0.4 is 15.5 Å². The molecule has 126 valence electrons. The summed E-state index contributed by atoms with van der Waals surface area (Å²) < 4.78 is 29.8. The third kappa shape index (κ3) is 5.96. The number of carbonyl (C=O) groups is 1. The van der Waals surface area contributed by atoms with Gasteiger partial charge in [0, 0.05) is 15.7 Å². The number of hydrazone groups is 1. The van der Waals surface area contributed by atoms with Gasteiger partial charge in [-0.05, 0) is 30.3 Å². The molecule has 0 aliphatic heterocycles. The summed E-state index contributed by atoms with van der Waals surface area (Å²) in [5.74, 6) is -0.407. The van der Waals surface area contributed by atoms with Gasteiger partial charge in [-0.2, -0.15) is 13.9 Å². The summed E-state index contributed by atoms with van der Waals surface area (Å²) in [7, 11) is 0. The Hall–Kier alpha value is -2.48. The maximum absolute atomic E-state index is 12.4. The van der Waals surface area contributed by atoms with E-state index < -0.39 is 6.61 Å². The van der Waals surface area contributed by atoms with Crippen molar-refractivity contribution in [2.75, 3.05) is 11.9 Å². The average Bonchev–Trinajstić information content (AvgIpc) is 2.56. The second-order valence-corrected chi connectivity index (χ2v) is 5.49. The molecule has 0 radical (unpaired) electrons. The summed E-state index contributed by atoms with van der Waals surface area (Å²) in [5, 5.41) is 6.67. The lowest BCUT2D eigenvalue weighted by atomic mass is 10.2. The van der Waals surface area contributed by atoms with Gasteiger partial charge in [-0.1, -0.05) is 34.1 Å². The number of hydrogen-bond acceptors (Lipinski definition) is 4. The van der Waals surface area contributed by atoms with E-state index in [2.05, 4.69) is 36.5 Å². The van der Waals surface area contributed by atoms with Crippen molar-refractivity contribution < 1.29 is 18.3 Å². The fraction of sp³-hybridized carbons (Fsp3) is 0.125. The number of anilines is 1. The van der Waals surface area contributed by atoms with Crippen LogP contribution in [-0.2, 0) is 4.79 Å². The molecule has 24 heavy (non-hydrogen) atoms. The Balaban J connectivity index is 1.91. The van der Waals surface area contributed by atoms with E-state index in [9.17, 15) is 13.6 Å². The second kappa shape index (κ2) is 8.97. The maximum atomic E-state index is 12.4. The molecule has 2 N–H and O–H groups in total. The molecule has 5 nitrogen and oxygen atoms in total. The number of carbonyl (C=O) groups excluding carboxylic acids is 1. The van der Waals surface area contributed by atoms with Crippen molar-refractivity contribution in [3.8, 4) is 5.75 Å². The summed E-state index contributed by atoms with van der Waals surface area (Å²) in [5.41, 5.74) is 3.42. The lowest BCUT2D eigenvalue weighted by molar-refractivity contribution is -0.119. The van der Waals surface area contributed by atoms with Crippen LogP contribution in [0, 0.1) is 0 Å². The topological polar surface area (TPSA) is 62.7 Å². The summed E-state index contributed by atoms with van der Waals surface area (Å²) in [6.07, 6.45) is 1.24. The number of para-hydroxylation sites is 1. The fourth-order valence-electron chi connectivity index (χ4n) is 1.78. The minimum atomic E-state index is -2.94. The third-order valence-electron chi connectivity index (χ3n) is 2.81. The minimum absolute atomic E-state index is 0.0280. The first kappa shape index (κ1) is 17.9. The molecule has 0 bridgehead atoms. The molecule has 0 spiro atoms. The number of nitrogens with one attached hydrogen (secondary N) is 2. The second-order valence-electron chi connectivity index (χ2n) is 4.57. The van der Waals surface area contributed by atoms with Gasteiger partial charge in [0.25, 0.3) is 5.91 Å². The monoisotopic (exact) mass is 397 g/mol. The summed E-state index contributed by atoms with van der Waals surface area (Å²) in [4.78, 5) is 11.7. The fourth-order valence-corrected chi connectivity index (χ4v) is 2.15. The molecule has 8 heteroatoms. The molecule has 1 amide bonds. The zero-order valence-corrected chi connectivity index (χ0v) is 14.0. The molecule has 0 aliphatic carbocycles. The van der Waals surface area contributed by atoms with Gasteiger partial charge in [0.05, 0.1) is 12.8 Å². The van der Waals surface area contributed by atoms with Crippen molar-refractivity contribution in [2.45, 2.75) is 6.61 Å². The molecule has 0 heterocycles. The Labute approximate surface area is 145 Å².